The summed E-state index contributed by atoms with van der Waals surface area (Å²) >= 11 is 0. The van der Waals surface area contributed by atoms with E-state index in [1.807, 2.05) is 125 Å². The Morgan fingerprint density at radius 2 is 0.750 bits per heavy atom. The van der Waals surface area contributed by atoms with Gasteiger partial charge in [-0.05, 0) is 124 Å². The van der Waals surface area contributed by atoms with Crippen LogP contribution in [0.4, 0.5) is 4.79 Å². The fraction of sp³-hybridized carbons (Fsp3) is 0.943. The highest BCUT2D eigenvalue weighted by Gasteiger charge is 2.38. The molecule has 1 atom stereocenters. The Morgan fingerprint density at radius 1 is 0.434 bits per heavy atom. The number of rotatable bonds is 20. The van der Waals surface area contributed by atoms with Crippen molar-refractivity contribution >= 4 is 41.3 Å². The summed E-state index contributed by atoms with van der Waals surface area (Å²) in [6.07, 6.45) is -0.697. The minimum atomic E-state index is -4.09. The summed E-state index contributed by atoms with van der Waals surface area (Å²) in [6.45, 7) is 57.8. The van der Waals surface area contributed by atoms with Crippen LogP contribution in [0.5, 0.6) is 0 Å². The van der Waals surface area contributed by atoms with E-state index in [9.17, 15) is 28.1 Å². The molecule has 0 aliphatic heterocycles. The third-order valence-corrected chi connectivity index (χ3v) is 10.7. The third kappa shape index (κ3) is 66.8. The van der Waals surface area contributed by atoms with E-state index in [1.54, 1.807) is 62.5 Å². The summed E-state index contributed by atoms with van der Waals surface area (Å²) in [4.78, 5) is 43.0. The molecule has 0 bridgehead atoms. The molecule has 0 heterocycles. The number of phosphoric acid groups is 2. The highest BCUT2D eigenvalue weighted by atomic mass is 31.2. The van der Waals surface area contributed by atoms with Gasteiger partial charge in [0.25, 0.3) is 0 Å². The van der Waals surface area contributed by atoms with E-state index in [1.165, 1.54) is 6.66 Å². The molecule has 0 radical (unpaired) electrons. The van der Waals surface area contributed by atoms with E-state index < -0.39 is 77.0 Å². The van der Waals surface area contributed by atoms with Gasteiger partial charge in [-0.15, -0.1) is 0 Å². The Morgan fingerprint density at radius 3 is 1.00 bits per heavy atom. The largest absolute Gasteiger partial charge is 0.508 e. The van der Waals surface area contributed by atoms with Gasteiger partial charge in [0.05, 0.1) is 74.4 Å². The van der Waals surface area contributed by atoms with Gasteiger partial charge in [0.15, 0.2) is 0 Å². The maximum absolute atomic E-state index is 12.7. The summed E-state index contributed by atoms with van der Waals surface area (Å²) in [5, 5.41) is 0. The van der Waals surface area contributed by atoms with Gasteiger partial charge in [-0.3, -0.25) is 32.2 Å². The number of phosphoric ester groups is 2. The van der Waals surface area contributed by atoms with Crippen molar-refractivity contribution in [1.82, 2.24) is 0 Å². The van der Waals surface area contributed by atoms with E-state index in [2.05, 4.69) is 20.8 Å². The van der Waals surface area contributed by atoms with E-state index >= 15 is 0 Å². The Kier molecular flexibility index (Phi) is 38.8. The van der Waals surface area contributed by atoms with Gasteiger partial charge in [-0.2, -0.15) is 0 Å². The van der Waals surface area contributed by atoms with E-state index in [-0.39, 0.29) is 39.8 Å². The third-order valence-electron chi connectivity index (χ3n) is 6.77. The number of carbonyl (C=O) groups is 3. The maximum atomic E-state index is 12.7. The van der Waals surface area contributed by atoms with Crippen LogP contribution in [0.2, 0.25) is 0 Å². The summed E-state index contributed by atoms with van der Waals surface area (Å²) in [6, 6.07) is 0. The Balaban J connectivity index is -0.000000293. The van der Waals surface area contributed by atoms with Crippen molar-refractivity contribution in [2.75, 3.05) is 73.6 Å². The first-order chi connectivity index (χ1) is 33.2. The van der Waals surface area contributed by atoms with Crippen LogP contribution < -0.4 is 0 Å². The molecule has 0 aromatic rings. The minimum absolute atomic E-state index is 0.00397. The van der Waals surface area contributed by atoms with Crippen LogP contribution in [-0.2, 0) is 83.4 Å². The standard InChI is InChI=1S/C17H33O8P.C13H29O4P.C9H18O3.C8H18O2.C6H15O3P/c1-15(2,3)10-23-26(20,24-11-21-13(18)16(4,5)6)25-12-22-14(19)17(7,8)9;1-11(2,3)10-15-18(14,16-12(4,5)6)17-13(7,8)9;1-7(2)12-8(10)11-6-9(3,4)5;1-8(2,3)7-10-6-5-9-4;1-6(2,3)5-9-10(4,7)8/h10-12H2,1-9H3;10H2,1-9H3;7H,6H2,1-5H3;5-7H2,1-4H3;5H2,1-4H3,(H,7,8). The van der Waals surface area contributed by atoms with Gasteiger partial charge in [-0.1, -0.05) is 104 Å². The zero-order valence-corrected chi connectivity index (χ0v) is 56.2. The molecule has 23 heteroatoms. The fourth-order valence-corrected chi connectivity index (χ4v) is 7.25. The summed E-state index contributed by atoms with van der Waals surface area (Å²) < 4.78 is 102. The van der Waals surface area contributed by atoms with E-state index in [0.717, 1.165) is 6.61 Å². The molecular weight excluding hydrogens is 1050 g/mol. The lowest BCUT2D eigenvalue weighted by atomic mass is 9.98. The van der Waals surface area contributed by atoms with Gasteiger partial charge in [0.1, 0.15) is 0 Å². The normalized spacial score (nSPS) is 14.0. The van der Waals surface area contributed by atoms with Gasteiger partial charge in [0.2, 0.25) is 13.6 Å². The molecule has 1 unspecified atom stereocenters. The van der Waals surface area contributed by atoms with Crippen molar-refractivity contribution in [2.24, 2.45) is 37.9 Å². The number of carbonyl (C=O) groups excluding carboxylic acids is 3. The summed E-state index contributed by atoms with van der Waals surface area (Å²) in [7, 11) is -9.23. The van der Waals surface area contributed by atoms with Crippen LogP contribution in [0.15, 0.2) is 0 Å². The fourth-order valence-electron chi connectivity index (χ4n) is 3.46. The lowest BCUT2D eigenvalue weighted by molar-refractivity contribution is -0.163. The van der Waals surface area contributed by atoms with Crippen molar-refractivity contribution in [3.05, 3.63) is 0 Å². The van der Waals surface area contributed by atoms with Crippen LogP contribution in [0.3, 0.4) is 0 Å². The van der Waals surface area contributed by atoms with E-state index in [4.69, 9.17) is 65.0 Å². The molecule has 0 amide bonds. The lowest BCUT2D eigenvalue weighted by Gasteiger charge is -2.32. The molecule has 76 heavy (non-hydrogen) atoms. The van der Waals surface area contributed by atoms with Gasteiger partial charge >= 0.3 is 41.3 Å². The Bertz CT molecular complexity index is 1680. The first kappa shape index (κ1) is 83.3. The molecule has 1 N–H and O–H groups in total. The predicted octanol–water partition coefficient (Wildman–Crippen LogP) is 15.2. The number of hydrogen-bond acceptors (Lipinski definition) is 19. The second kappa shape index (κ2) is 35.4. The smallest absolute Gasteiger partial charge is 0.437 e. The van der Waals surface area contributed by atoms with E-state index in [0.29, 0.717) is 33.0 Å². The average molecular weight is 1160 g/mol. The molecule has 0 aromatic carbocycles. The second-order valence-corrected chi connectivity index (χ2v) is 33.4. The molecule has 0 saturated heterocycles. The first-order valence-electron chi connectivity index (χ1n) is 25.6. The highest BCUT2D eigenvalue weighted by Crippen LogP contribution is 2.56. The monoisotopic (exact) mass is 1160 g/mol. The quantitative estimate of drug-likeness (QED) is 0.0391. The minimum Gasteiger partial charge on any atom is -0.437 e. The van der Waals surface area contributed by atoms with Gasteiger partial charge < -0.3 is 37.8 Å². The van der Waals surface area contributed by atoms with Crippen molar-refractivity contribution in [3.63, 3.8) is 0 Å². The first-order valence-corrected chi connectivity index (χ1v) is 30.5. The molecule has 0 aliphatic carbocycles. The molecule has 0 rings (SSSR count). The predicted molar refractivity (Wildman–Crippen MR) is 301 cm³/mol. The van der Waals surface area contributed by atoms with Crippen molar-refractivity contribution in [2.45, 2.75) is 218 Å². The van der Waals surface area contributed by atoms with Crippen LogP contribution in [0.25, 0.3) is 0 Å². The topological polar surface area (TPSA) is 243 Å². The number of ether oxygens (including phenoxy) is 6. The van der Waals surface area contributed by atoms with Gasteiger partial charge in [0, 0.05) is 13.8 Å². The zero-order valence-electron chi connectivity index (χ0n) is 53.5. The molecule has 0 fully saturated rings. The molecular formula is C53H113O20P3. The molecule has 20 nitrogen and oxygen atoms in total. The molecule has 460 valence electrons. The molecule has 0 spiro atoms. The van der Waals surface area contributed by atoms with Crippen molar-refractivity contribution < 1.29 is 93.1 Å². The number of esters is 2. The van der Waals surface area contributed by atoms with Crippen LogP contribution in [0, 0.1) is 37.9 Å². The molecule has 0 aliphatic rings. The van der Waals surface area contributed by atoms with Crippen molar-refractivity contribution in [3.8, 4) is 0 Å². The van der Waals surface area contributed by atoms with Crippen LogP contribution in [0.1, 0.15) is 201 Å². The molecule has 0 aromatic heterocycles. The zero-order chi connectivity index (χ0) is 61.9. The summed E-state index contributed by atoms with van der Waals surface area (Å²) in [5.74, 6) is -1.06. The highest BCUT2D eigenvalue weighted by molar-refractivity contribution is 7.51. The Hall–Kier alpha value is -1.50. The number of methoxy groups -OCH3 is 1. The maximum Gasteiger partial charge on any atom is 0.508 e. The second-order valence-electron chi connectivity index (χ2n) is 28.3. The Labute approximate surface area is 462 Å². The van der Waals surface area contributed by atoms with Gasteiger partial charge in [-0.25, -0.2) is 23.0 Å². The lowest BCUT2D eigenvalue weighted by Crippen LogP contribution is -2.26. The SMILES string of the molecule is CC(C)(C)COP(=O)(OC(C)(C)C)OC(C)(C)C.CC(C)(C)COP(=O)(OCOC(=O)C(C)(C)C)OCOC(=O)C(C)(C)C.CC(C)(C)COP(C)(=O)O.CC(C)OC(=O)OCC(C)(C)C.COCCOCC(C)(C)C. The molecule has 0 saturated carbocycles. The van der Waals surface area contributed by atoms with Crippen LogP contribution >= 0.6 is 23.2 Å². The number of hydrogen-bond donors (Lipinski definition) is 1. The summed E-state index contributed by atoms with van der Waals surface area (Å²) in [5.41, 5.74) is -2.83. The average Bonchev–Trinajstić information content (AvgIpc) is 3.13. The van der Waals surface area contributed by atoms with Crippen molar-refractivity contribution in [1.29, 1.82) is 0 Å². The van der Waals surface area contributed by atoms with Crippen LogP contribution in [-0.4, -0.2) is 114 Å².